The Hall–Kier alpha value is -0.580. The van der Waals surface area contributed by atoms with Gasteiger partial charge in [0.05, 0.1) is 21.1 Å². The molecule has 1 amide bonds. The number of nitrogens with one attached hydrogen (secondary N) is 1. The van der Waals surface area contributed by atoms with Crippen molar-refractivity contribution in [2.45, 2.75) is 26.5 Å². The van der Waals surface area contributed by atoms with Crippen LogP contribution in [-0.2, 0) is 9.63 Å². The van der Waals surface area contributed by atoms with Crippen molar-refractivity contribution >= 4 is 5.91 Å². The monoisotopic (exact) mass is 236 g/mol. The molecule has 0 fully saturated rings. The standard InChI is InChI=1S/C10H20N2O2.ClH/c1-7-9(12(4,5)6)14-11-10(13)8(2)3;/h9H,2,7H2,1,3-6H3;1H. The van der Waals surface area contributed by atoms with Gasteiger partial charge in [-0.05, 0) is 6.92 Å². The maximum Gasteiger partial charge on any atom is 0.270 e. The van der Waals surface area contributed by atoms with Crippen molar-refractivity contribution in [2.75, 3.05) is 21.1 Å². The molecule has 0 heterocycles. The Morgan fingerprint density at radius 1 is 1.47 bits per heavy atom. The molecule has 0 aromatic heterocycles. The van der Waals surface area contributed by atoms with Crippen LogP contribution in [0.25, 0.3) is 0 Å². The van der Waals surface area contributed by atoms with Gasteiger partial charge in [0.15, 0.2) is 0 Å². The predicted octanol–water partition coefficient (Wildman–Crippen LogP) is -1.94. The van der Waals surface area contributed by atoms with Crippen LogP contribution in [0.5, 0.6) is 0 Å². The van der Waals surface area contributed by atoms with Gasteiger partial charge in [-0.15, -0.1) is 0 Å². The second-order valence-electron chi connectivity index (χ2n) is 4.31. The molecule has 0 bridgehead atoms. The summed E-state index contributed by atoms with van der Waals surface area (Å²) in [5.41, 5.74) is 2.83. The number of carbonyl (C=O) groups is 1. The minimum absolute atomic E-state index is 0. The number of quaternary nitrogens is 1. The van der Waals surface area contributed by atoms with E-state index in [-0.39, 0.29) is 24.5 Å². The Morgan fingerprint density at radius 3 is 2.20 bits per heavy atom. The van der Waals surface area contributed by atoms with Gasteiger partial charge in [0.1, 0.15) is 0 Å². The Labute approximate surface area is 98.2 Å². The lowest BCUT2D eigenvalue weighted by Gasteiger charge is -2.32. The van der Waals surface area contributed by atoms with Gasteiger partial charge >= 0.3 is 0 Å². The zero-order chi connectivity index (χ0) is 11.4. The molecule has 5 heteroatoms. The van der Waals surface area contributed by atoms with Crippen molar-refractivity contribution in [3.05, 3.63) is 12.2 Å². The Balaban J connectivity index is 0. The van der Waals surface area contributed by atoms with E-state index in [0.29, 0.717) is 10.1 Å². The smallest absolute Gasteiger partial charge is 0.270 e. The number of carbonyl (C=O) groups excluding carboxylic acids is 1. The lowest BCUT2D eigenvalue weighted by molar-refractivity contribution is -0.921. The number of nitrogens with zero attached hydrogens (tertiary/aromatic N) is 1. The van der Waals surface area contributed by atoms with Crippen molar-refractivity contribution < 1.29 is 26.5 Å². The average Bonchev–Trinajstić information content (AvgIpc) is 2.02. The van der Waals surface area contributed by atoms with Gasteiger partial charge in [-0.3, -0.25) is 4.79 Å². The van der Waals surface area contributed by atoms with Gasteiger partial charge in [-0.25, -0.2) is 10.3 Å². The average molecular weight is 237 g/mol. The lowest BCUT2D eigenvalue weighted by atomic mass is 10.3. The van der Waals surface area contributed by atoms with Crippen molar-refractivity contribution in [3.8, 4) is 0 Å². The molecule has 0 aliphatic rings. The fourth-order valence-electron chi connectivity index (χ4n) is 0.998. The third-order valence-corrected chi connectivity index (χ3v) is 1.89. The SMILES string of the molecule is C=C(C)C(=O)NOC(CC)[N+](C)(C)C.[Cl-]. The van der Waals surface area contributed by atoms with E-state index in [2.05, 4.69) is 12.1 Å². The van der Waals surface area contributed by atoms with Crippen molar-refractivity contribution in [1.29, 1.82) is 0 Å². The van der Waals surface area contributed by atoms with Gasteiger partial charge in [0, 0.05) is 12.0 Å². The second-order valence-corrected chi connectivity index (χ2v) is 4.31. The summed E-state index contributed by atoms with van der Waals surface area (Å²) in [7, 11) is 6.04. The Morgan fingerprint density at radius 2 is 1.93 bits per heavy atom. The van der Waals surface area contributed by atoms with Gasteiger partial charge in [-0.1, -0.05) is 13.5 Å². The molecule has 1 unspecified atom stereocenters. The summed E-state index contributed by atoms with van der Waals surface area (Å²) in [5.74, 6) is -0.267. The normalized spacial score (nSPS) is 12.6. The highest BCUT2D eigenvalue weighted by Crippen LogP contribution is 2.07. The van der Waals surface area contributed by atoms with Gasteiger partial charge in [0.25, 0.3) is 5.91 Å². The van der Waals surface area contributed by atoms with Crippen LogP contribution < -0.4 is 17.9 Å². The summed E-state index contributed by atoms with van der Waals surface area (Å²) in [6.45, 7) is 7.18. The molecule has 0 aliphatic carbocycles. The van der Waals surface area contributed by atoms with Crippen LogP contribution in [0.3, 0.4) is 0 Å². The van der Waals surface area contributed by atoms with Crippen LogP contribution in [-0.4, -0.2) is 37.8 Å². The molecule has 0 saturated heterocycles. The van der Waals surface area contributed by atoms with E-state index >= 15 is 0 Å². The van der Waals surface area contributed by atoms with Crippen LogP contribution in [0.15, 0.2) is 12.2 Å². The summed E-state index contributed by atoms with van der Waals surface area (Å²) < 4.78 is 0.646. The Kier molecular flexibility index (Phi) is 7.66. The molecule has 1 N–H and O–H groups in total. The van der Waals surface area contributed by atoms with E-state index in [0.717, 1.165) is 6.42 Å². The van der Waals surface area contributed by atoms with E-state index in [1.54, 1.807) is 6.92 Å². The van der Waals surface area contributed by atoms with Gasteiger partial charge in [0.2, 0.25) is 6.23 Å². The van der Waals surface area contributed by atoms with Crippen LogP contribution >= 0.6 is 0 Å². The van der Waals surface area contributed by atoms with Gasteiger partial charge in [-0.2, -0.15) is 0 Å². The third kappa shape index (κ3) is 6.49. The molecule has 1 atom stereocenters. The number of halogens is 1. The minimum atomic E-state index is -0.267. The molecular formula is C10H21ClN2O2. The van der Waals surface area contributed by atoms with E-state index in [1.807, 2.05) is 28.1 Å². The quantitative estimate of drug-likeness (QED) is 0.261. The van der Waals surface area contributed by atoms with E-state index in [4.69, 9.17) is 4.84 Å². The van der Waals surface area contributed by atoms with Crippen LogP contribution in [0.4, 0.5) is 0 Å². The number of rotatable bonds is 5. The zero-order valence-electron chi connectivity index (χ0n) is 10.1. The maximum absolute atomic E-state index is 11.1. The largest absolute Gasteiger partial charge is 1.00 e. The number of hydrogen-bond acceptors (Lipinski definition) is 2. The van der Waals surface area contributed by atoms with Crippen molar-refractivity contribution in [2.24, 2.45) is 0 Å². The van der Waals surface area contributed by atoms with Crippen molar-refractivity contribution in [1.82, 2.24) is 5.48 Å². The highest BCUT2D eigenvalue weighted by atomic mass is 35.5. The molecule has 15 heavy (non-hydrogen) atoms. The minimum Gasteiger partial charge on any atom is -1.00 e. The van der Waals surface area contributed by atoms with Crippen LogP contribution in [0, 0.1) is 0 Å². The zero-order valence-corrected chi connectivity index (χ0v) is 10.9. The highest BCUT2D eigenvalue weighted by molar-refractivity contribution is 5.91. The molecular weight excluding hydrogens is 216 g/mol. The first-order chi connectivity index (χ1) is 6.29. The second kappa shape index (κ2) is 6.82. The molecule has 0 aromatic carbocycles. The topological polar surface area (TPSA) is 38.3 Å². The molecule has 0 rings (SSSR count). The Bertz CT molecular complexity index is 224. The third-order valence-electron chi connectivity index (χ3n) is 1.89. The summed E-state index contributed by atoms with van der Waals surface area (Å²) >= 11 is 0. The molecule has 0 saturated carbocycles. The lowest BCUT2D eigenvalue weighted by Crippen LogP contribution is -3.00. The molecule has 0 spiro atoms. The molecule has 4 nitrogen and oxygen atoms in total. The maximum atomic E-state index is 11.1. The molecule has 0 aliphatic heterocycles. The molecule has 90 valence electrons. The summed E-state index contributed by atoms with van der Waals surface area (Å²) in [4.78, 5) is 16.4. The summed E-state index contributed by atoms with van der Waals surface area (Å²) in [6.07, 6.45) is 0.790. The first-order valence-corrected chi connectivity index (χ1v) is 4.71. The van der Waals surface area contributed by atoms with Crippen LogP contribution in [0.1, 0.15) is 20.3 Å². The molecule has 0 radical (unpaired) electrons. The predicted molar refractivity (Wildman–Crippen MR) is 56.2 cm³/mol. The van der Waals surface area contributed by atoms with Crippen LogP contribution in [0.2, 0.25) is 0 Å². The fraction of sp³-hybridized carbons (Fsp3) is 0.700. The summed E-state index contributed by atoms with van der Waals surface area (Å²) in [5, 5.41) is 0. The van der Waals surface area contributed by atoms with E-state index in [9.17, 15) is 4.79 Å². The number of amides is 1. The fourth-order valence-corrected chi connectivity index (χ4v) is 0.998. The highest BCUT2D eigenvalue weighted by Gasteiger charge is 2.23. The molecule has 0 aromatic rings. The van der Waals surface area contributed by atoms with Gasteiger partial charge < -0.3 is 16.9 Å². The van der Waals surface area contributed by atoms with E-state index < -0.39 is 0 Å². The first kappa shape index (κ1) is 16.8. The number of hydrogen-bond donors (Lipinski definition) is 1. The van der Waals surface area contributed by atoms with Crippen molar-refractivity contribution in [3.63, 3.8) is 0 Å². The van der Waals surface area contributed by atoms with E-state index in [1.165, 1.54) is 0 Å². The summed E-state index contributed by atoms with van der Waals surface area (Å²) in [6, 6.07) is 0. The first-order valence-electron chi connectivity index (χ1n) is 4.71. The number of hydroxylamine groups is 1.